The van der Waals surface area contributed by atoms with Crippen molar-refractivity contribution < 1.29 is 13.2 Å². The number of nitrogens with zero attached hydrogens (tertiary/aromatic N) is 2. The smallest absolute Gasteiger partial charge is 0.244 e. The molecule has 0 spiro atoms. The van der Waals surface area contributed by atoms with E-state index in [0.717, 1.165) is 12.8 Å². The first kappa shape index (κ1) is 18.4. The number of rotatable bonds is 6. The van der Waals surface area contributed by atoms with Gasteiger partial charge in [0.05, 0.1) is 18.3 Å². The molecule has 1 aliphatic carbocycles. The minimum atomic E-state index is -3.62. The zero-order valence-corrected chi connectivity index (χ0v) is 15.6. The molecule has 0 amide bonds. The lowest BCUT2D eigenvalue weighted by molar-refractivity contribution is 0.180. The average Bonchev–Trinajstić information content (AvgIpc) is 3.07. The lowest BCUT2D eigenvalue weighted by atomic mass is 9.92. The summed E-state index contributed by atoms with van der Waals surface area (Å²) in [5, 5.41) is 4.65. The Kier molecular flexibility index (Phi) is 5.53. The third-order valence-electron chi connectivity index (χ3n) is 4.17. The molecule has 1 aromatic rings. The molecule has 7 heteroatoms. The largest absolute Gasteiger partial charge is 0.383 e. The SMILES string of the molecule is COCC(C)NS(=O)(=O)c1cn(C2CCCC2)nc1C(C)(C)C. The van der Waals surface area contributed by atoms with Crippen LogP contribution < -0.4 is 4.72 Å². The molecule has 1 saturated carbocycles. The summed E-state index contributed by atoms with van der Waals surface area (Å²) in [5.74, 6) is 0. The summed E-state index contributed by atoms with van der Waals surface area (Å²) in [5.41, 5.74) is 0.292. The van der Waals surface area contributed by atoms with E-state index in [1.807, 2.05) is 25.5 Å². The summed E-state index contributed by atoms with van der Waals surface area (Å²) in [4.78, 5) is 0.292. The van der Waals surface area contributed by atoms with Crippen LogP contribution in [0.1, 0.15) is 65.1 Å². The van der Waals surface area contributed by atoms with Crippen LogP contribution in [0.5, 0.6) is 0 Å². The van der Waals surface area contributed by atoms with Gasteiger partial charge in [0.2, 0.25) is 10.0 Å². The van der Waals surface area contributed by atoms with Crippen LogP contribution in [0.2, 0.25) is 0 Å². The van der Waals surface area contributed by atoms with E-state index < -0.39 is 10.0 Å². The van der Waals surface area contributed by atoms with Gasteiger partial charge in [0.25, 0.3) is 0 Å². The summed E-state index contributed by atoms with van der Waals surface area (Å²) in [6.07, 6.45) is 6.20. The second kappa shape index (κ2) is 6.91. The third kappa shape index (κ3) is 4.33. The summed E-state index contributed by atoms with van der Waals surface area (Å²) in [6.45, 7) is 8.10. The number of ether oxygens (including phenoxy) is 1. The molecule has 1 atom stereocenters. The van der Waals surface area contributed by atoms with Gasteiger partial charge >= 0.3 is 0 Å². The normalized spacial score (nSPS) is 18.5. The molecule has 0 saturated heterocycles. The monoisotopic (exact) mass is 343 g/mol. The number of hydrogen-bond acceptors (Lipinski definition) is 4. The Morgan fingerprint density at radius 3 is 2.52 bits per heavy atom. The second-order valence-corrected chi connectivity index (χ2v) is 9.17. The van der Waals surface area contributed by atoms with Gasteiger partial charge in [-0.05, 0) is 19.8 Å². The van der Waals surface area contributed by atoms with Crippen molar-refractivity contribution >= 4 is 10.0 Å². The number of sulfonamides is 1. The Morgan fingerprint density at radius 2 is 2.00 bits per heavy atom. The Balaban J connectivity index is 2.39. The molecule has 0 aromatic carbocycles. The van der Waals surface area contributed by atoms with Crippen molar-refractivity contribution in [1.82, 2.24) is 14.5 Å². The van der Waals surface area contributed by atoms with Crippen LogP contribution in [0.3, 0.4) is 0 Å². The van der Waals surface area contributed by atoms with Crippen LogP contribution in [0.15, 0.2) is 11.1 Å². The molecular weight excluding hydrogens is 314 g/mol. The van der Waals surface area contributed by atoms with Gasteiger partial charge in [-0.25, -0.2) is 13.1 Å². The predicted octanol–water partition coefficient (Wildman–Crippen LogP) is 2.61. The first-order valence-electron chi connectivity index (χ1n) is 8.26. The van der Waals surface area contributed by atoms with E-state index in [1.165, 1.54) is 12.8 Å². The lowest BCUT2D eigenvalue weighted by Gasteiger charge is -2.19. The molecule has 1 fully saturated rings. The van der Waals surface area contributed by atoms with Crippen molar-refractivity contribution in [3.8, 4) is 0 Å². The summed E-state index contributed by atoms with van der Waals surface area (Å²) in [7, 11) is -2.06. The predicted molar refractivity (Wildman–Crippen MR) is 90.1 cm³/mol. The highest BCUT2D eigenvalue weighted by Gasteiger charge is 2.32. The van der Waals surface area contributed by atoms with Crippen molar-refractivity contribution in [3.63, 3.8) is 0 Å². The molecule has 1 heterocycles. The summed E-state index contributed by atoms with van der Waals surface area (Å²) >= 11 is 0. The zero-order valence-electron chi connectivity index (χ0n) is 14.8. The molecule has 6 nitrogen and oxygen atoms in total. The summed E-state index contributed by atoms with van der Waals surface area (Å²) < 4.78 is 35.2. The fourth-order valence-electron chi connectivity index (χ4n) is 3.06. The molecule has 0 radical (unpaired) electrons. The first-order valence-corrected chi connectivity index (χ1v) is 9.74. The minimum absolute atomic E-state index is 0.285. The highest BCUT2D eigenvalue weighted by atomic mass is 32.2. The van der Waals surface area contributed by atoms with Crippen LogP contribution in [0.4, 0.5) is 0 Å². The van der Waals surface area contributed by atoms with Gasteiger partial charge in [-0.1, -0.05) is 33.6 Å². The minimum Gasteiger partial charge on any atom is -0.383 e. The average molecular weight is 343 g/mol. The third-order valence-corrected chi connectivity index (χ3v) is 5.76. The highest BCUT2D eigenvalue weighted by Crippen LogP contribution is 2.33. The lowest BCUT2D eigenvalue weighted by Crippen LogP contribution is -2.36. The van der Waals surface area contributed by atoms with Gasteiger partial charge in [0.1, 0.15) is 4.90 Å². The standard InChI is InChI=1S/C16H29N3O3S/c1-12(11-22-5)18-23(20,21)14-10-19(13-8-6-7-9-13)17-15(14)16(2,3)4/h10,12-13,18H,6-9,11H2,1-5H3. The molecule has 132 valence electrons. The summed E-state index contributed by atoms with van der Waals surface area (Å²) in [6, 6.07) is 0.0316. The fourth-order valence-corrected chi connectivity index (χ4v) is 4.63. The van der Waals surface area contributed by atoms with Crippen LogP contribution >= 0.6 is 0 Å². The molecule has 0 aliphatic heterocycles. The van der Waals surface area contributed by atoms with E-state index in [9.17, 15) is 8.42 Å². The van der Waals surface area contributed by atoms with Crippen LogP contribution in [0, 0.1) is 0 Å². The zero-order chi connectivity index (χ0) is 17.3. The van der Waals surface area contributed by atoms with Gasteiger partial charge in [-0.3, -0.25) is 4.68 Å². The van der Waals surface area contributed by atoms with Gasteiger partial charge in [-0.15, -0.1) is 0 Å². The van der Waals surface area contributed by atoms with Crippen molar-refractivity contribution in [2.24, 2.45) is 0 Å². The van der Waals surface area contributed by atoms with Gasteiger partial charge < -0.3 is 4.74 Å². The Morgan fingerprint density at radius 1 is 1.39 bits per heavy atom. The maximum atomic E-state index is 12.8. The molecule has 1 aromatic heterocycles. The van der Waals surface area contributed by atoms with E-state index in [-0.39, 0.29) is 11.5 Å². The molecule has 23 heavy (non-hydrogen) atoms. The van der Waals surface area contributed by atoms with Crippen molar-refractivity contribution in [3.05, 3.63) is 11.9 Å². The molecule has 2 rings (SSSR count). The van der Waals surface area contributed by atoms with Crippen LogP contribution in [-0.2, 0) is 20.2 Å². The van der Waals surface area contributed by atoms with Gasteiger partial charge in [0.15, 0.2) is 0 Å². The van der Waals surface area contributed by atoms with Gasteiger partial charge in [0, 0.05) is 24.8 Å². The van der Waals surface area contributed by atoms with E-state index in [0.29, 0.717) is 23.2 Å². The number of methoxy groups -OCH3 is 1. The molecule has 1 unspecified atom stereocenters. The number of hydrogen-bond donors (Lipinski definition) is 1. The Bertz CT molecular complexity index is 625. The van der Waals surface area contributed by atoms with Crippen molar-refractivity contribution in [2.45, 2.75) is 75.8 Å². The Labute approximate surface area is 139 Å². The van der Waals surface area contributed by atoms with Crippen molar-refractivity contribution in [2.75, 3.05) is 13.7 Å². The fraction of sp³-hybridized carbons (Fsp3) is 0.812. The molecule has 1 N–H and O–H groups in total. The van der Waals surface area contributed by atoms with E-state index in [2.05, 4.69) is 9.82 Å². The maximum Gasteiger partial charge on any atom is 0.244 e. The van der Waals surface area contributed by atoms with Crippen LogP contribution in [0.25, 0.3) is 0 Å². The number of nitrogens with one attached hydrogen (secondary N) is 1. The molecule has 0 bridgehead atoms. The Hall–Kier alpha value is -0.920. The van der Waals surface area contributed by atoms with E-state index in [4.69, 9.17) is 4.74 Å². The van der Waals surface area contributed by atoms with Gasteiger partial charge in [-0.2, -0.15) is 5.10 Å². The molecule has 1 aliphatic rings. The van der Waals surface area contributed by atoms with Crippen LogP contribution in [-0.4, -0.2) is 38.0 Å². The van der Waals surface area contributed by atoms with Crippen molar-refractivity contribution in [1.29, 1.82) is 0 Å². The van der Waals surface area contributed by atoms with E-state index >= 15 is 0 Å². The highest BCUT2D eigenvalue weighted by molar-refractivity contribution is 7.89. The maximum absolute atomic E-state index is 12.8. The van der Waals surface area contributed by atoms with E-state index in [1.54, 1.807) is 20.2 Å². The quantitative estimate of drug-likeness (QED) is 0.862. The molecular formula is C16H29N3O3S. The first-order chi connectivity index (χ1) is 10.6. The second-order valence-electron chi connectivity index (χ2n) is 7.49. The number of aromatic nitrogens is 2. The topological polar surface area (TPSA) is 73.2 Å².